The quantitative estimate of drug-likeness (QED) is 0.161. The zero-order chi connectivity index (χ0) is 28.8. The van der Waals surface area contributed by atoms with Crippen LogP contribution in [0.25, 0.3) is 10.2 Å². The van der Waals surface area contributed by atoms with E-state index in [2.05, 4.69) is 10.3 Å². The van der Waals surface area contributed by atoms with Gasteiger partial charge in [0.05, 0.1) is 31.4 Å². The minimum Gasteiger partial charge on any atom is -0.410 e. The number of nitrogens with one attached hydrogen (secondary N) is 1. The summed E-state index contributed by atoms with van der Waals surface area (Å²) in [6.45, 7) is 3.50. The number of nitro groups is 1. The first kappa shape index (κ1) is 26.9. The van der Waals surface area contributed by atoms with Gasteiger partial charge >= 0.3 is 6.09 Å². The topological polar surface area (TPSA) is 142 Å². The number of thiocarbonyl (C=S) groups is 1. The Kier molecular flexibility index (Phi) is 6.84. The molecule has 11 nitrogen and oxygen atoms in total. The molecule has 0 spiro atoms. The number of carbonyl (C=O) groups is 2. The normalized spacial score (nSPS) is 14.3. The lowest BCUT2D eigenvalue weighted by atomic mass is 10.0. The number of anilines is 3. The van der Waals surface area contributed by atoms with Crippen LogP contribution in [-0.4, -0.2) is 32.6 Å². The molecule has 2 amide bonds. The fourth-order valence-corrected chi connectivity index (χ4v) is 5.72. The number of benzene rings is 3. The minimum absolute atomic E-state index is 0.124. The molecule has 40 heavy (non-hydrogen) atoms. The summed E-state index contributed by atoms with van der Waals surface area (Å²) < 4.78 is 5.95. The van der Waals surface area contributed by atoms with Gasteiger partial charge in [-0.25, -0.2) is 9.78 Å². The molecule has 4 aromatic rings. The predicted octanol–water partition coefficient (Wildman–Crippen LogP) is 6.26. The number of aromatic nitrogens is 1. The van der Waals surface area contributed by atoms with E-state index in [0.717, 1.165) is 4.70 Å². The molecule has 2 heterocycles. The Morgan fingerprint density at radius 1 is 1.18 bits per heavy atom. The molecule has 0 atom stereocenters. The Hall–Kier alpha value is -4.64. The number of non-ortho nitro benzene ring substituents is 1. The zero-order valence-corrected chi connectivity index (χ0v) is 23.1. The van der Waals surface area contributed by atoms with Crippen LogP contribution in [0.5, 0.6) is 5.75 Å². The molecule has 3 aromatic carbocycles. The number of hydrogen-bond donors (Lipinski definition) is 1. The summed E-state index contributed by atoms with van der Waals surface area (Å²) in [7, 11) is 0. The number of nitrogens with zero attached hydrogens (tertiary/aromatic N) is 5. The van der Waals surface area contributed by atoms with Gasteiger partial charge in [-0.3, -0.25) is 25.1 Å². The van der Waals surface area contributed by atoms with Crippen molar-refractivity contribution in [1.29, 1.82) is 5.26 Å². The zero-order valence-electron chi connectivity index (χ0n) is 20.7. The molecule has 0 saturated carbocycles. The number of fused-ring (bicyclic) bond motifs is 1. The third-order valence-corrected chi connectivity index (χ3v) is 7.73. The van der Waals surface area contributed by atoms with Gasteiger partial charge in [0.1, 0.15) is 17.4 Å². The van der Waals surface area contributed by atoms with Crippen molar-refractivity contribution in [3.63, 3.8) is 0 Å². The molecule has 1 aromatic heterocycles. The molecular weight excluding hydrogens is 576 g/mol. The number of nitriles is 1. The maximum Gasteiger partial charge on any atom is 0.418 e. The molecule has 1 saturated heterocycles. The fourth-order valence-electron chi connectivity index (χ4n) is 4.15. The monoisotopic (exact) mass is 592 g/mol. The molecule has 14 heteroatoms. The van der Waals surface area contributed by atoms with E-state index in [-0.39, 0.29) is 38.2 Å². The van der Waals surface area contributed by atoms with Gasteiger partial charge in [0.2, 0.25) is 0 Å². The lowest BCUT2D eigenvalue weighted by Crippen LogP contribution is -2.44. The fraction of sp³-hybridized carbons (Fsp3) is 0.115. The molecule has 200 valence electrons. The van der Waals surface area contributed by atoms with Crippen molar-refractivity contribution < 1.29 is 19.2 Å². The number of hydrogen-bond acceptors (Lipinski definition) is 9. The second-order valence-corrected chi connectivity index (χ2v) is 10.8. The third-order valence-electron chi connectivity index (χ3n) is 6.10. The van der Waals surface area contributed by atoms with Gasteiger partial charge in [0.15, 0.2) is 10.2 Å². The van der Waals surface area contributed by atoms with Crippen LogP contribution < -0.4 is 19.9 Å². The van der Waals surface area contributed by atoms with Crippen LogP contribution in [0.2, 0.25) is 5.02 Å². The largest absolute Gasteiger partial charge is 0.418 e. The number of carbonyl (C=O) groups excluding carboxylic acids is 2. The smallest absolute Gasteiger partial charge is 0.410 e. The van der Waals surface area contributed by atoms with Crippen LogP contribution in [0.3, 0.4) is 0 Å². The molecule has 1 fully saturated rings. The summed E-state index contributed by atoms with van der Waals surface area (Å²) in [5.74, 6) is -0.137. The summed E-state index contributed by atoms with van der Waals surface area (Å²) in [6, 6.07) is 17.1. The first-order valence-electron chi connectivity index (χ1n) is 11.5. The maximum atomic E-state index is 13.5. The second kappa shape index (κ2) is 10.2. The standard InChI is InChI=1S/C26H17ClN6O5S2/c1-26(2)22(34)31(16-4-3-14(13-28)19(27)11-16)25(39)32(26)17-7-10-21-20(12-17)29-23(40-21)30-24(35)38-18-8-5-15(6-9-18)33(36)37/h3-12H,1-2H3,(H,29,30,35). The summed E-state index contributed by atoms with van der Waals surface area (Å²) in [5.41, 5.74) is 0.733. The minimum atomic E-state index is -1.04. The van der Waals surface area contributed by atoms with Gasteiger partial charge < -0.3 is 9.64 Å². The SMILES string of the molecule is CC1(C)C(=O)N(c2ccc(C#N)c(Cl)c2)C(=S)N1c1ccc2sc(NC(=O)Oc3ccc([N+](=O)[O-])cc3)nc2c1. The van der Waals surface area contributed by atoms with Gasteiger partial charge in [-0.05, 0) is 74.6 Å². The van der Waals surface area contributed by atoms with Crippen molar-refractivity contribution in [3.05, 3.63) is 81.4 Å². The summed E-state index contributed by atoms with van der Waals surface area (Å²) >= 11 is 13.1. The van der Waals surface area contributed by atoms with E-state index in [0.29, 0.717) is 16.9 Å². The Balaban J connectivity index is 1.37. The predicted molar refractivity (Wildman–Crippen MR) is 155 cm³/mol. The highest BCUT2D eigenvalue weighted by Gasteiger charge is 2.50. The molecule has 1 N–H and O–H groups in total. The van der Waals surface area contributed by atoms with Gasteiger partial charge in [0.25, 0.3) is 11.6 Å². The summed E-state index contributed by atoms with van der Waals surface area (Å²) in [6.07, 6.45) is -0.808. The molecule has 1 aliphatic rings. The Labute approximate surface area is 241 Å². The van der Waals surface area contributed by atoms with Crippen molar-refractivity contribution in [2.45, 2.75) is 19.4 Å². The third kappa shape index (κ3) is 4.79. The van der Waals surface area contributed by atoms with Crippen molar-refractivity contribution in [1.82, 2.24) is 4.98 Å². The maximum absolute atomic E-state index is 13.5. The van der Waals surface area contributed by atoms with Crippen molar-refractivity contribution in [3.8, 4) is 11.8 Å². The molecule has 0 bridgehead atoms. The molecular formula is C26H17ClN6O5S2. The van der Waals surface area contributed by atoms with E-state index in [1.54, 1.807) is 43.0 Å². The van der Waals surface area contributed by atoms with Crippen molar-refractivity contribution >= 4 is 84.7 Å². The van der Waals surface area contributed by atoms with Gasteiger partial charge in [0, 0.05) is 17.8 Å². The number of ether oxygens (including phenoxy) is 1. The summed E-state index contributed by atoms with van der Waals surface area (Å²) in [4.78, 5) is 43.6. The highest BCUT2D eigenvalue weighted by molar-refractivity contribution is 7.81. The molecule has 0 aliphatic carbocycles. The number of halogens is 1. The van der Waals surface area contributed by atoms with Gasteiger partial charge in [-0.15, -0.1) is 0 Å². The molecule has 0 radical (unpaired) electrons. The van der Waals surface area contributed by atoms with Crippen LogP contribution in [0.1, 0.15) is 19.4 Å². The highest BCUT2D eigenvalue weighted by atomic mass is 35.5. The Morgan fingerprint density at radius 3 is 2.52 bits per heavy atom. The average molecular weight is 593 g/mol. The number of thiazole rings is 1. The number of rotatable bonds is 5. The van der Waals surface area contributed by atoms with E-state index < -0.39 is 16.6 Å². The Morgan fingerprint density at radius 2 is 1.88 bits per heavy atom. The number of amides is 2. The highest BCUT2D eigenvalue weighted by Crippen LogP contribution is 2.39. The van der Waals surface area contributed by atoms with Crippen LogP contribution >= 0.6 is 35.2 Å². The van der Waals surface area contributed by atoms with Crippen molar-refractivity contribution in [2.75, 3.05) is 15.1 Å². The van der Waals surface area contributed by atoms with Crippen molar-refractivity contribution in [2.24, 2.45) is 0 Å². The second-order valence-electron chi connectivity index (χ2n) is 9.03. The molecule has 0 unspecified atom stereocenters. The Bertz CT molecular complexity index is 1770. The first-order valence-corrected chi connectivity index (χ1v) is 13.1. The van der Waals surface area contributed by atoms with Gasteiger partial charge in [-0.1, -0.05) is 22.9 Å². The molecule has 5 rings (SSSR count). The van der Waals surface area contributed by atoms with Crippen LogP contribution in [0, 0.1) is 21.4 Å². The lowest BCUT2D eigenvalue weighted by molar-refractivity contribution is -0.384. The first-order chi connectivity index (χ1) is 19.0. The average Bonchev–Trinajstić information content (AvgIpc) is 3.37. The van der Waals surface area contributed by atoms with E-state index in [4.69, 9.17) is 28.6 Å². The van der Waals surface area contributed by atoms with Crippen LogP contribution in [0.15, 0.2) is 60.7 Å². The van der Waals surface area contributed by atoms with E-state index in [9.17, 15) is 25.0 Å². The summed E-state index contributed by atoms with van der Waals surface area (Å²) in [5, 5.41) is 23.2. The van der Waals surface area contributed by atoms with Crippen LogP contribution in [0.4, 0.5) is 27.0 Å². The van der Waals surface area contributed by atoms with E-state index >= 15 is 0 Å². The van der Waals surface area contributed by atoms with E-state index in [1.165, 1.54) is 52.6 Å². The van der Waals surface area contributed by atoms with E-state index in [1.807, 2.05) is 6.07 Å². The lowest BCUT2D eigenvalue weighted by Gasteiger charge is -2.29. The number of nitro benzene ring substituents is 1. The molecule has 1 aliphatic heterocycles. The van der Waals surface area contributed by atoms with Gasteiger partial charge in [-0.2, -0.15) is 5.26 Å². The van der Waals surface area contributed by atoms with Crippen LogP contribution in [-0.2, 0) is 4.79 Å².